The Bertz CT molecular complexity index is 1580. The van der Waals surface area contributed by atoms with E-state index >= 15 is 0 Å². The minimum absolute atomic E-state index is 0.0233. The largest absolute Gasteiger partial charge is 0.376 e. The average Bonchev–Trinajstić information content (AvgIpc) is 3.10. The number of hydrogen-bond donors (Lipinski definition) is 0. The van der Waals surface area contributed by atoms with Gasteiger partial charge < -0.3 is 9.80 Å². The van der Waals surface area contributed by atoms with Gasteiger partial charge >= 0.3 is 0 Å². The van der Waals surface area contributed by atoms with Crippen LogP contribution in [0.4, 0.5) is 0 Å². The van der Waals surface area contributed by atoms with Crippen molar-refractivity contribution in [3.8, 4) is 11.3 Å². The van der Waals surface area contributed by atoms with Crippen LogP contribution in [0.25, 0.3) is 16.8 Å². The van der Waals surface area contributed by atoms with E-state index < -0.39 is 0 Å². The minimum Gasteiger partial charge on any atom is -0.376 e. The fraction of sp³-hybridized carbons (Fsp3) is 0.250. The lowest BCUT2D eigenvalue weighted by molar-refractivity contribution is 0.0744. The molecule has 232 valence electrons. The summed E-state index contributed by atoms with van der Waals surface area (Å²) >= 11 is 0. The van der Waals surface area contributed by atoms with Gasteiger partial charge in [0, 0.05) is 38.0 Å². The standard InChI is InChI=1S/C34H33N5.C4H8.C2H6/c1-37-23-9-12-30(24-37)25-14-20-29(21-15-25)34-38(2)32(27-10-5-4-6-11-27)36-33(39(34)3)28-18-16-26(17-19-28)31-13-7-8-22-35-31;1-3-4-2;1-2/h4-23,33-34H,24H2,1-3H3;3-4H,1-2H3;1-2H3/b;4-3-;. The normalized spacial score (nSPS) is 17.9. The molecule has 2 unspecified atom stereocenters. The number of pyridine rings is 1. The summed E-state index contributed by atoms with van der Waals surface area (Å²) in [4.78, 5) is 16.7. The Morgan fingerprint density at radius 1 is 0.689 bits per heavy atom. The first-order valence-electron chi connectivity index (χ1n) is 15.8. The summed E-state index contributed by atoms with van der Waals surface area (Å²) in [6.45, 7) is 8.92. The van der Waals surface area contributed by atoms with Crippen molar-refractivity contribution in [1.29, 1.82) is 0 Å². The smallest absolute Gasteiger partial charge is 0.134 e. The van der Waals surface area contributed by atoms with Gasteiger partial charge in [0.05, 0.1) is 5.69 Å². The maximum atomic E-state index is 5.29. The Labute approximate surface area is 270 Å². The zero-order valence-electron chi connectivity index (χ0n) is 27.8. The Morgan fingerprint density at radius 2 is 1.31 bits per heavy atom. The maximum absolute atomic E-state index is 5.29. The van der Waals surface area contributed by atoms with Crippen molar-refractivity contribution < 1.29 is 0 Å². The molecule has 1 aromatic heterocycles. The number of rotatable bonds is 5. The average molecular weight is 598 g/mol. The van der Waals surface area contributed by atoms with Crippen LogP contribution in [0.5, 0.6) is 0 Å². The van der Waals surface area contributed by atoms with E-state index in [1.54, 1.807) is 0 Å². The van der Waals surface area contributed by atoms with Crippen molar-refractivity contribution in [3.63, 3.8) is 0 Å². The molecule has 0 spiro atoms. The Hall–Kier alpha value is -4.74. The van der Waals surface area contributed by atoms with Gasteiger partial charge in [0.25, 0.3) is 0 Å². The van der Waals surface area contributed by atoms with Crippen molar-refractivity contribution in [2.45, 2.75) is 40.0 Å². The number of benzene rings is 3. The highest BCUT2D eigenvalue weighted by atomic mass is 15.4. The fourth-order valence-electron chi connectivity index (χ4n) is 5.55. The summed E-state index contributed by atoms with van der Waals surface area (Å²) in [5.41, 5.74) is 8.18. The molecule has 0 aliphatic carbocycles. The molecule has 2 atom stereocenters. The second kappa shape index (κ2) is 16.4. The third-order valence-corrected chi connectivity index (χ3v) is 7.89. The number of allylic oxidation sites excluding steroid dienone is 4. The monoisotopic (exact) mass is 597 g/mol. The highest BCUT2D eigenvalue weighted by Crippen LogP contribution is 2.38. The predicted molar refractivity (Wildman–Crippen MR) is 192 cm³/mol. The van der Waals surface area contributed by atoms with E-state index in [0.29, 0.717) is 0 Å². The second-order valence-electron chi connectivity index (χ2n) is 10.9. The van der Waals surface area contributed by atoms with Gasteiger partial charge in [-0.3, -0.25) is 9.88 Å². The highest BCUT2D eigenvalue weighted by molar-refractivity contribution is 5.99. The molecule has 2 aliphatic rings. The van der Waals surface area contributed by atoms with Crippen molar-refractivity contribution in [2.24, 2.45) is 4.99 Å². The second-order valence-corrected chi connectivity index (χ2v) is 10.9. The third-order valence-electron chi connectivity index (χ3n) is 7.89. The number of nitrogens with zero attached hydrogens (tertiary/aromatic N) is 5. The summed E-state index contributed by atoms with van der Waals surface area (Å²) in [7, 11) is 6.42. The van der Waals surface area contributed by atoms with E-state index in [0.717, 1.165) is 34.8 Å². The van der Waals surface area contributed by atoms with Crippen LogP contribution in [0.3, 0.4) is 0 Å². The van der Waals surface area contributed by atoms with Crippen molar-refractivity contribution in [2.75, 3.05) is 27.7 Å². The van der Waals surface area contributed by atoms with Gasteiger partial charge in [-0.2, -0.15) is 0 Å². The SMILES string of the molecule is C/C=C\C.CC.CN1C=CC=C(c2ccc(C3N(C)C(c4ccccc4)=NC(c4ccc(-c5ccccn5)cc4)N3C)cc2)C1. The number of hydrogen-bond acceptors (Lipinski definition) is 5. The lowest BCUT2D eigenvalue weighted by Crippen LogP contribution is -2.47. The molecule has 0 saturated heterocycles. The maximum Gasteiger partial charge on any atom is 0.134 e. The van der Waals surface area contributed by atoms with Crippen LogP contribution in [0.1, 0.15) is 62.3 Å². The zero-order valence-corrected chi connectivity index (χ0v) is 27.8. The molecule has 0 radical (unpaired) electrons. The minimum atomic E-state index is -0.126. The van der Waals surface area contributed by atoms with Gasteiger partial charge in [-0.1, -0.05) is 117 Å². The first-order valence-corrected chi connectivity index (χ1v) is 15.8. The first kappa shape index (κ1) is 33.2. The van der Waals surface area contributed by atoms with E-state index in [9.17, 15) is 0 Å². The predicted octanol–water partition coefficient (Wildman–Crippen LogP) is 9.22. The quantitative estimate of drug-likeness (QED) is 0.215. The highest BCUT2D eigenvalue weighted by Gasteiger charge is 2.35. The first-order chi connectivity index (χ1) is 22.0. The summed E-state index contributed by atoms with van der Waals surface area (Å²) in [5, 5.41) is 0. The van der Waals surface area contributed by atoms with Gasteiger partial charge in [-0.05, 0) is 67.6 Å². The van der Waals surface area contributed by atoms with Gasteiger partial charge in [-0.15, -0.1) is 0 Å². The van der Waals surface area contributed by atoms with Crippen LogP contribution in [0, 0.1) is 0 Å². The lowest BCUT2D eigenvalue weighted by atomic mass is 9.99. The van der Waals surface area contributed by atoms with E-state index in [1.807, 2.05) is 64.2 Å². The van der Waals surface area contributed by atoms with Crippen LogP contribution in [0.15, 0.2) is 139 Å². The molecule has 0 fully saturated rings. The summed E-state index contributed by atoms with van der Waals surface area (Å²) in [6, 6.07) is 34.2. The molecule has 5 nitrogen and oxygen atoms in total. The van der Waals surface area contributed by atoms with E-state index in [-0.39, 0.29) is 12.3 Å². The number of amidine groups is 1. The molecular weight excluding hydrogens is 550 g/mol. The van der Waals surface area contributed by atoms with E-state index in [2.05, 4.69) is 138 Å². The Morgan fingerprint density at radius 3 is 1.91 bits per heavy atom. The molecule has 0 bridgehead atoms. The zero-order chi connectivity index (χ0) is 32.2. The molecule has 3 heterocycles. The van der Waals surface area contributed by atoms with E-state index in [4.69, 9.17) is 4.99 Å². The molecule has 3 aromatic carbocycles. The van der Waals surface area contributed by atoms with Gasteiger partial charge in [0.2, 0.25) is 0 Å². The van der Waals surface area contributed by atoms with Crippen LogP contribution in [-0.4, -0.2) is 53.2 Å². The lowest BCUT2D eigenvalue weighted by Gasteiger charge is -2.45. The summed E-state index contributed by atoms with van der Waals surface area (Å²) < 4.78 is 0. The molecule has 6 rings (SSSR count). The number of aliphatic imine (C=N–C) groups is 1. The molecule has 0 amide bonds. The van der Waals surface area contributed by atoms with E-state index in [1.165, 1.54) is 16.7 Å². The summed E-state index contributed by atoms with van der Waals surface area (Å²) in [5.74, 6) is 0.989. The molecule has 4 aromatic rings. The molecule has 2 aliphatic heterocycles. The van der Waals surface area contributed by atoms with Gasteiger partial charge in [0.15, 0.2) is 0 Å². The number of aromatic nitrogens is 1. The van der Waals surface area contributed by atoms with Crippen molar-refractivity contribution in [1.82, 2.24) is 19.7 Å². The summed E-state index contributed by atoms with van der Waals surface area (Å²) in [6.07, 6.45) is 12.2. The van der Waals surface area contributed by atoms with Crippen molar-refractivity contribution >= 4 is 11.4 Å². The topological polar surface area (TPSA) is 35.0 Å². The fourth-order valence-corrected chi connectivity index (χ4v) is 5.55. The van der Waals surface area contributed by atoms with Crippen LogP contribution in [0.2, 0.25) is 0 Å². The van der Waals surface area contributed by atoms with Gasteiger partial charge in [-0.25, -0.2) is 4.99 Å². The third kappa shape index (κ3) is 8.05. The molecule has 45 heavy (non-hydrogen) atoms. The Balaban J connectivity index is 0.000000713. The molecule has 0 N–H and O–H groups in total. The van der Waals surface area contributed by atoms with Crippen LogP contribution < -0.4 is 0 Å². The molecule has 0 saturated carbocycles. The van der Waals surface area contributed by atoms with Crippen molar-refractivity contribution in [3.05, 3.63) is 156 Å². The Kier molecular flexibility index (Phi) is 12.1. The van der Waals surface area contributed by atoms with Crippen LogP contribution >= 0.6 is 0 Å². The molecular formula is C40H47N5. The van der Waals surface area contributed by atoms with Crippen LogP contribution in [-0.2, 0) is 0 Å². The number of likely N-dealkylation sites (N-methyl/N-ethyl adjacent to an activating group) is 1. The van der Waals surface area contributed by atoms with Gasteiger partial charge in [0.1, 0.15) is 18.2 Å². The molecule has 5 heteroatoms.